The second-order valence-corrected chi connectivity index (χ2v) is 4.67. The van der Waals surface area contributed by atoms with Crippen LogP contribution in [0.3, 0.4) is 0 Å². The summed E-state index contributed by atoms with van der Waals surface area (Å²) in [4.78, 5) is 10.3. The lowest BCUT2D eigenvalue weighted by molar-refractivity contribution is 0.253. The SMILES string of the molecule is Cc1ccc(S(=O)(=O)NC(N)=O)cc1N. The van der Waals surface area contributed by atoms with Crippen molar-refractivity contribution in [2.24, 2.45) is 5.73 Å². The molecule has 0 saturated carbocycles. The number of amides is 2. The fourth-order valence-corrected chi connectivity index (χ4v) is 1.89. The Morgan fingerprint density at radius 2 is 2.00 bits per heavy atom. The summed E-state index contributed by atoms with van der Waals surface area (Å²) in [5.41, 5.74) is 11.4. The van der Waals surface area contributed by atoms with Crippen LogP contribution < -0.4 is 16.2 Å². The predicted octanol–water partition coefficient (Wildman–Crippen LogP) is -0.0658. The molecule has 0 aliphatic rings. The van der Waals surface area contributed by atoms with Crippen LogP contribution in [0.25, 0.3) is 0 Å². The highest BCUT2D eigenvalue weighted by Gasteiger charge is 2.16. The lowest BCUT2D eigenvalue weighted by Crippen LogP contribution is -2.34. The van der Waals surface area contributed by atoms with Gasteiger partial charge in [0.1, 0.15) is 0 Å². The molecule has 0 radical (unpaired) electrons. The molecule has 15 heavy (non-hydrogen) atoms. The maximum atomic E-state index is 11.4. The van der Waals surface area contributed by atoms with Crippen LogP contribution >= 0.6 is 0 Å². The topological polar surface area (TPSA) is 115 Å². The summed E-state index contributed by atoms with van der Waals surface area (Å²) in [5.74, 6) is 0. The monoisotopic (exact) mass is 229 g/mol. The first-order valence-electron chi connectivity index (χ1n) is 4.01. The van der Waals surface area contributed by atoms with Gasteiger partial charge in [-0.1, -0.05) is 6.07 Å². The molecule has 1 aromatic carbocycles. The molecule has 5 N–H and O–H groups in total. The molecule has 0 unspecified atom stereocenters. The Bertz CT molecular complexity index is 496. The van der Waals surface area contributed by atoms with E-state index in [1.165, 1.54) is 12.1 Å². The van der Waals surface area contributed by atoms with Crippen LogP contribution in [0.15, 0.2) is 23.1 Å². The zero-order valence-electron chi connectivity index (χ0n) is 8.02. The molecule has 82 valence electrons. The largest absolute Gasteiger partial charge is 0.398 e. The third-order valence-electron chi connectivity index (χ3n) is 1.80. The van der Waals surface area contributed by atoms with Gasteiger partial charge in [0.25, 0.3) is 10.0 Å². The van der Waals surface area contributed by atoms with E-state index >= 15 is 0 Å². The molecule has 0 saturated heterocycles. The number of sulfonamides is 1. The first-order valence-corrected chi connectivity index (χ1v) is 5.49. The molecule has 6 nitrogen and oxygen atoms in total. The summed E-state index contributed by atoms with van der Waals surface area (Å²) in [6.45, 7) is 1.74. The predicted molar refractivity (Wildman–Crippen MR) is 55.5 cm³/mol. The second-order valence-electron chi connectivity index (χ2n) is 2.99. The molecule has 0 aromatic heterocycles. The van der Waals surface area contributed by atoms with Gasteiger partial charge in [0, 0.05) is 5.69 Å². The van der Waals surface area contributed by atoms with Crippen LogP contribution in [0.4, 0.5) is 10.5 Å². The van der Waals surface area contributed by atoms with Crippen LogP contribution in [-0.2, 0) is 10.0 Å². The van der Waals surface area contributed by atoms with E-state index in [-0.39, 0.29) is 4.90 Å². The first-order chi connectivity index (χ1) is 6.83. The Hall–Kier alpha value is -1.76. The van der Waals surface area contributed by atoms with Gasteiger partial charge in [0.05, 0.1) is 4.90 Å². The molecular weight excluding hydrogens is 218 g/mol. The Morgan fingerprint density at radius 1 is 1.40 bits per heavy atom. The zero-order valence-corrected chi connectivity index (χ0v) is 8.84. The fraction of sp³-hybridized carbons (Fsp3) is 0.125. The molecule has 0 spiro atoms. The number of urea groups is 1. The first kappa shape index (κ1) is 11.3. The summed E-state index contributed by atoms with van der Waals surface area (Å²) >= 11 is 0. The number of benzene rings is 1. The van der Waals surface area contributed by atoms with Gasteiger partial charge in [-0.25, -0.2) is 17.9 Å². The molecule has 0 aliphatic heterocycles. The summed E-state index contributed by atoms with van der Waals surface area (Å²) in [6, 6.07) is 3.02. The van der Waals surface area contributed by atoms with E-state index in [4.69, 9.17) is 11.5 Å². The normalized spacial score (nSPS) is 11.0. The van der Waals surface area contributed by atoms with Crippen LogP contribution in [0, 0.1) is 6.92 Å². The quantitative estimate of drug-likeness (QED) is 0.616. The maximum absolute atomic E-state index is 11.4. The molecule has 7 heteroatoms. The highest BCUT2D eigenvalue weighted by Crippen LogP contribution is 2.16. The van der Waals surface area contributed by atoms with Crippen molar-refractivity contribution in [3.05, 3.63) is 23.8 Å². The Kier molecular flexibility index (Phi) is 2.85. The average molecular weight is 229 g/mol. The van der Waals surface area contributed by atoms with Gasteiger partial charge in [-0.05, 0) is 24.6 Å². The summed E-state index contributed by atoms with van der Waals surface area (Å²) in [6.07, 6.45) is 0. The zero-order chi connectivity index (χ0) is 11.6. The van der Waals surface area contributed by atoms with Crippen molar-refractivity contribution in [2.75, 3.05) is 5.73 Å². The number of anilines is 1. The molecular formula is C8H11N3O3S. The van der Waals surface area contributed by atoms with Crippen LogP contribution in [-0.4, -0.2) is 14.4 Å². The lowest BCUT2D eigenvalue weighted by atomic mass is 10.2. The van der Waals surface area contributed by atoms with Crippen molar-refractivity contribution < 1.29 is 13.2 Å². The Labute approximate surface area is 87.3 Å². The average Bonchev–Trinajstić information content (AvgIpc) is 2.07. The highest BCUT2D eigenvalue weighted by atomic mass is 32.2. The summed E-state index contributed by atoms with van der Waals surface area (Å²) in [7, 11) is -3.90. The van der Waals surface area contributed by atoms with Crippen LogP contribution in [0.1, 0.15) is 5.56 Å². The Balaban J connectivity index is 3.17. The number of hydrogen-bond acceptors (Lipinski definition) is 4. The number of nitrogens with two attached hydrogens (primary N) is 2. The smallest absolute Gasteiger partial charge is 0.326 e. The standard InChI is InChI=1S/C8H11N3O3S/c1-5-2-3-6(4-7(5)9)15(13,14)11-8(10)12/h2-4H,9H2,1H3,(H3,10,11,12). The van der Waals surface area contributed by atoms with E-state index in [0.29, 0.717) is 5.69 Å². The van der Waals surface area contributed by atoms with Gasteiger partial charge in [-0.15, -0.1) is 0 Å². The number of nitrogen functional groups attached to an aromatic ring is 1. The number of hydrogen-bond donors (Lipinski definition) is 3. The number of primary amides is 1. The molecule has 0 atom stereocenters. The minimum atomic E-state index is -3.90. The minimum absolute atomic E-state index is 0.0931. The highest BCUT2D eigenvalue weighted by molar-refractivity contribution is 7.90. The number of carbonyl (C=O) groups excluding carboxylic acids is 1. The lowest BCUT2D eigenvalue weighted by Gasteiger charge is -2.06. The number of rotatable bonds is 2. The fourth-order valence-electron chi connectivity index (χ4n) is 0.977. The van der Waals surface area contributed by atoms with Gasteiger partial charge >= 0.3 is 6.03 Å². The second kappa shape index (κ2) is 3.77. The van der Waals surface area contributed by atoms with Crippen molar-refractivity contribution in [1.29, 1.82) is 0 Å². The number of nitrogens with one attached hydrogen (secondary N) is 1. The summed E-state index contributed by atoms with van der Waals surface area (Å²) in [5, 5.41) is 0. The van der Waals surface area contributed by atoms with Gasteiger partial charge in [0.15, 0.2) is 0 Å². The maximum Gasteiger partial charge on any atom is 0.326 e. The van der Waals surface area contributed by atoms with Crippen molar-refractivity contribution in [2.45, 2.75) is 11.8 Å². The van der Waals surface area contributed by atoms with Crippen molar-refractivity contribution in [1.82, 2.24) is 4.72 Å². The van der Waals surface area contributed by atoms with E-state index in [9.17, 15) is 13.2 Å². The molecule has 0 heterocycles. The molecule has 0 fully saturated rings. The molecule has 0 aliphatic carbocycles. The minimum Gasteiger partial charge on any atom is -0.398 e. The van der Waals surface area contributed by atoms with Crippen LogP contribution in [0.2, 0.25) is 0 Å². The van der Waals surface area contributed by atoms with E-state index in [0.717, 1.165) is 5.56 Å². The number of aryl methyl sites for hydroxylation is 1. The molecule has 2 amide bonds. The molecule has 0 bridgehead atoms. The Morgan fingerprint density at radius 3 is 2.47 bits per heavy atom. The third kappa shape index (κ3) is 2.59. The van der Waals surface area contributed by atoms with E-state index in [1.807, 2.05) is 0 Å². The third-order valence-corrected chi connectivity index (χ3v) is 3.14. The van der Waals surface area contributed by atoms with Gasteiger partial charge < -0.3 is 11.5 Å². The number of carbonyl (C=O) groups is 1. The van der Waals surface area contributed by atoms with E-state index in [1.54, 1.807) is 17.7 Å². The van der Waals surface area contributed by atoms with E-state index in [2.05, 4.69) is 0 Å². The van der Waals surface area contributed by atoms with E-state index < -0.39 is 16.1 Å². The van der Waals surface area contributed by atoms with Crippen LogP contribution in [0.5, 0.6) is 0 Å². The van der Waals surface area contributed by atoms with Gasteiger partial charge in [0.2, 0.25) is 0 Å². The van der Waals surface area contributed by atoms with Crippen molar-refractivity contribution in [3.8, 4) is 0 Å². The van der Waals surface area contributed by atoms with Crippen molar-refractivity contribution in [3.63, 3.8) is 0 Å². The van der Waals surface area contributed by atoms with Crippen molar-refractivity contribution >= 4 is 21.7 Å². The van der Waals surface area contributed by atoms with Gasteiger partial charge in [-0.3, -0.25) is 0 Å². The summed E-state index contributed by atoms with van der Waals surface area (Å²) < 4.78 is 24.5. The molecule has 1 rings (SSSR count). The van der Waals surface area contributed by atoms with Gasteiger partial charge in [-0.2, -0.15) is 0 Å². The molecule has 1 aromatic rings.